The minimum Gasteiger partial charge on any atom is -0.368 e. The largest absolute Gasteiger partial charge is 0.368 e. The monoisotopic (exact) mass is 314 g/mol. The van der Waals surface area contributed by atoms with Crippen LogP contribution in [0.25, 0.3) is 0 Å². The van der Waals surface area contributed by atoms with E-state index in [9.17, 15) is 4.79 Å². The summed E-state index contributed by atoms with van der Waals surface area (Å²) in [5, 5.41) is 0. The van der Waals surface area contributed by atoms with Crippen LogP contribution in [0.5, 0.6) is 0 Å². The predicted octanol–water partition coefficient (Wildman–Crippen LogP) is 0.977. The molecule has 0 saturated carbocycles. The van der Waals surface area contributed by atoms with Crippen molar-refractivity contribution in [3.63, 3.8) is 0 Å². The van der Waals surface area contributed by atoms with Crippen LogP contribution in [0.1, 0.15) is 21.7 Å². The lowest BCUT2D eigenvalue weighted by Gasteiger charge is -2.35. The third-order valence-electron chi connectivity index (χ3n) is 4.36. The van der Waals surface area contributed by atoms with Crippen LogP contribution in [0.3, 0.4) is 0 Å². The highest BCUT2D eigenvalue weighted by molar-refractivity contribution is 5.95. The van der Waals surface area contributed by atoms with Gasteiger partial charge >= 0.3 is 0 Å². The lowest BCUT2D eigenvalue weighted by Crippen LogP contribution is -2.49. The van der Waals surface area contributed by atoms with E-state index in [0.29, 0.717) is 19.0 Å². The highest BCUT2D eigenvalue weighted by atomic mass is 16.2. The number of hydrogen-bond acceptors (Lipinski definition) is 5. The predicted molar refractivity (Wildman–Crippen MR) is 89.4 cm³/mol. The van der Waals surface area contributed by atoms with Crippen molar-refractivity contribution in [1.29, 1.82) is 0 Å². The van der Waals surface area contributed by atoms with E-state index in [0.717, 1.165) is 35.9 Å². The Bertz CT molecular complexity index is 710. The van der Waals surface area contributed by atoms with Crippen LogP contribution < -0.4 is 10.6 Å². The first kappa shape index (κ1) is 15.3. The number of nitrogen functional groups attached to an aromatic ring is 1. The van der Waals surface area contributed by atoms with Gasteiger partial charge in [-0.25, -0.2) is 4.98 Å². The van der Waals surface area contributed by atoms with Crippen LogP contribution in [-0.2, 0) is 7.05 Å². The summed E-state index contributed by atoms with van der Waals surface area (Å²) >= 11 is 0. The first-order valence-corrected chi connectivity index (χ1v) is 7.73. The molecule has 2 aromatic rings. The molecule has 2 N–H and O–H groups in total. The zero-order chi connectivity index (χ0) is 16.6. The fourth-order valence-electron chi connectivity index (χ4n) is 2.88. The number of carbonyl (C=O) groups is 1. The molecule has 1 aliphatic heterocycles. The lowest BCUT2D eigenvalue weighted by molar-refractivity contribution is 0.0745. The molecule has 7 nitrogen and oxygen atoms in total. The van der Waals surface area contributed by atoms with Crippen LogP contribution in [0.2, 0.25) is 0 Å². The average molecular weight is 314 g/mol. The maximum atomic E-state index is 12.6. The third kappa shape index (κ3) is 2.99. The summed E-state index contributed by atoms with van der Waals surface area (Å²) in [5.74, 6) is 1.22. The van der Waals surface area contributed by atoms with Crippen LogP contribution in [0.15, 0.2) is 18.3 Å². The summed E-state index contributed by atoms with van der Waals surface area (Å²) in [7, 11) is 1.95. The van der Waals surface area contributed by atoms with Crippen molar-refractivity contribution in [1.82, 2.24) is 19.4 Å². The first-order chi connectivity index (χ1) is 11.0. The first-order valence-electron chi connectivity index (χ1n) is 7.73. The summed E-state index contributed by atoms with van der Waals surface area (Å²) < 4.78 is 1.97. The Morgan fingerprint density at radius 2 is 1.87 bits per heavy atom. The minimum absolute atomic E-state index is 0.0983. The van der Waals surface area contributed by atoms with E-state index in [4.69, 9.17) is 5.73 Å². The molecular formula is C16H22N6O. The molecule has 0 bridgehead atoms. The second-order valence-electron chi connectivity index (χ2n) is 5.93. The van der Waals surface area contributed by atoms with Crippen molar-refractivity contribution in [3.8, 4) is 0 Å². The fourth-order valence-corrected chi connectivity index (χ4v) is 2.88. The second-order valence-corrected chi connectivity index (χ2v) is 5.93. The van der Waals surface area contributed by atoms with E-state index in [2.05, 4.69) is 14.9 Å². The summed E-state index contributed by atoms with van der Waals surface area (Å²) in [6.07, 6.45) is 1.92. The van der Waals surface area contributed by atoms with E-state index >= 15 is 0 Å². The molecule has 0 spiro atoms. The zero-order valence-corrected chi connectivity index (χ0v) is 13.8. The van der Waals surface area contributed by atoms with Gasteiger partial charge < -0.3 is 20.1 Å². The van der Waals surface area contributed by atoms with Gasteiger partial charge in [-0.15, -0.1) is 0 Å². The number of carbonyl (C=O) groups excluding carboxylic acids is 1. The minimum atomic E-state index is 0.0983. The van der Waals surface area contributed by atoms with Gasteiger partial charge in [0.2, 0.25) is 5.95 Å². The van der Waals surface area contributed by atoms with E-state index in [1.165, 1.54) is 0 Å². The molecule has 3 rings (SSSR count). The Hall–Kier alpha value is -2.57. The van der Waals surface area contributed by atoms with E-state index in [-0.39, 0.29) is 5.91 Å². The number of anilines is 2. The third-order valence-corrected chi connectivity index (χ3v) is 4.36. The number of amides is 1. The topological polar surface area (TPSA) is 80.3 Å². The maximum Gasteiger partial charge on any atom is 0.255 e. The fraction of sp³-hybridized carbons (Fsp3) is 0.438. The van der Waals surface area contributed by atoms with Gasteiger partial charge in [0, 0.05) is 56.9 Å². The highest BCUT2D eigenvalue weighted by Crippen LogP contribution is 2.18. The average Bonchev–Trinajstić information content (AvgIpc) is 2.85. The lowest BCUT2D eigenvalue weighted by atomic mass is 10.2. The van der Waals surface area contributed by atoms with Crippen molar-refractivity contribution < 1.29 is 4.79 Å². The van der Waals surface area contributed by atoms with Crippen molar-refractivity contribution in [3.05, 3.63) is 35.3 Å². The second kappa shape index (κ2) is 5.91. The van der Waals surface area contributed by atoms with Gasteiger partial charge in [-0.3, -0.25) is 4.79 Å². The number of hydrogen-bond donors (Lipinski definition) is 1. The number of piperazine rings is 1. The van der Waals surface area contributed by atoms with Gasteiger partial charge in [0.25, 0.3) is 5.91 Å². The quantitative estimate of drug-likeness (QED) is 0.893. The Morgan fingerprint density at radius 1 is 1.17 bits per heavy atom. The van der Waals surface area contributed by atoms with Gasteiger partial charge in [0.1, 0.15) is 5.82 Å². The number of nitrogens with zero attached hydrogens (tertiary/aromatic N) is 5. The molecule has 1 fully saturated rings. The maximum absolute atomic E-state index is 12.6. The Balaban J connectivity index is 1.68. The molecule has 2 aromatic heterocycles. The molecule has 7 heteroatoms. The smallest absolute Gasteiger partial charge is 0.255 e. The summed E-state index contributed by atoms with van der Waals surface area (Å²) in [4.78, 5) is 25.1. The number of aryl methyl sites for hydroxylation is 2. The Morgan fingerprint density at radius 3 is 2.43 bits per heavy atom. The van der Waals surface area contributed by atoms with Gasteiger partial charge in [0.05, 0.1) is 5.56 Å². The molecule has 1 amide bonds. The number of aromatic nitrogens is 3. The van der Waals surface area contributed by atoms with Crippen molar-refractivity contribution in [2.45, 2.75) is 13.8 Å². The van der Waals surface area contributed by atoms with E-state index in [1.807, 2.05) is 48.7 Å². The molecule has 0 atom stereocenters. The summed E-state index contributed by atoms with van der Waals surface area (Å²) in [6.45, 7) is 6.71. The van der Waals surface area contributed by atoms with Crippen molar-refractivity contribution in [2.24, 2.45) is 7.05 Å². The molecule has 0 unspecified atom stereocenters. The van der Waals surface area contributed by atoms with E-state index in [1.54, 1.807) is 0 Å². The molecule has 23 heavy (non-hydrogen) atoms. The standard InChI is InChI=1S/C16H22N6O/c1-11-10-14(19-16(17)18-11)21-6-8-22(9-7-21)15(23)13-4-5-20(3)12(13)2/h4-5,10H,6-9H2,1-3H3,(H2,17,18,19). The van der Waals surface area contributed by atoms with Gasteiger partial charge in [0.15, 0.2) is 0 Å². The van der Waals surface area contributed by atoms with Crippen LogP contribution in [0, 0.1) is 13.8 Å². The molecule has 1 aliphatic rings. The van der Waals surface area contributed by atoms with Gasteiger partial charge in [-0.05, 0) is 19.9 Å². The molecule has 0 aliphatic carbocycles. The van der Waals surface area contributed by atoms with Crippen molar-refractivity contribution >= 4 is 17.7 Å². The molecule has 1 saturated heterocycles. The summed E-state index contributed by atoms with van der Waals surface area (Å²) in [5.41, 5.74) is 8.35. The number of rotatable bonds is 2. The molecule has 0 aromatic carbocycles. The van der Waals surface area contributed by atoms with Crippen LogP contribution in [-0.4, -0.2) is 51.5 Å². The Labute approximate surface area is 135 Å². The molecular weight excluding hydrogens is 292 g/mol. The van der Waals surface area contributed by atoms with Crippen LogP contribution >= 0.6 is 0 Å². The van der Waals surface area contributed by atoms with Gasteiger partial charge in [-0.1, -0.05) is 0 Å². The molecule has 3 heterocycles. The summed E-state index contributed by atoms with van der Waals surface area (Å²) in [6, 6.07) is 3.81. The Kier molecular flexibility index (Phi) is 3.94. The normalized spacial score (nSPS) is 15.1. The van der Waals surface area contributed by atoms with Gasteiger partial charge in [-0.2, -0.15) is 4.98 Å². The highest BCUT2D eigenvalue weighted by Gasteiger charge is 2.24. The van der Waals surface area contributed by atoms with Crippen LogP contribution in [0.4, 0.5) is 11.8 Å². The zero-order valence-electron chi connectivity index (χ0n) is 13.8. The van der Waals surface area contributed by atoms with Crippen molar-refractivity contribution in [2.75, 3.05) is 36.8 Å². The van der Waals surface area contributed by atoms with E-state index < -0.39 is 0 Å². The number of nitrogens with two attached hydrogens (primary N) is 1. The SMILES string of the molecule is Cc1cc(N2CCN(C(=O)c3ccn(C)c3C)CC2)nc(N)n1. The molecule has 0 radical (unpaired) electrons. The molecule has 122 valence electrons.